The topological polar surface area (TPSA) is 28.6 Å². The number of ether oxygens (including phenoxy) is 1. The van der Waals surface area contributed by atoms with E-state index in [1.807, 2.05) is 30.5 Å². The van der Waals surface area contributed by atoms with Gasteiger partial charge in [0.15, 0.2) is 0 Å². The van der Waals surface area contributed by atoms with Crippen LogP contribution >= 0.6 is 0 Å². The highest BCUT2D eigenvalue weighted by Crippen LogP contribution is 2.21. The maximum atomic E-state index is 13.2. The van der Waals surface area contributed by atoms with Crippen LogP contribution in [-0.2, 0) is 13.1 Å². The Morgan fingerprint density at radius 1 is 1.15 bits per heavy atom. The number of halogens is 1. The highest BCUT2D eigenvalue weighted by atomic mass is 19.1. The molecule has 1 saturated heterocycles. The van der Waals surface area contributed by atoms with Gasteiger partial charge in [-0.05, 0) is 42.6 Å². The van der Waals surface area contributed by atoms with Crippen LogP contribution in [0, 0.1) is 11.7 Å². The predicted molar refractivity (Wildman–Crippen MR) is 106 cm³/mol. The molecule has 0 unspecified atom stereocenters. The van der Waals surface area contributed by atoms with Crippen LogP contribution < -0.4 is 4.74 Å². The normalized spacial score (nSPS) is 19.2. The third kappa shape index (κ3) is 5.50. The number of hydrogen-bond donors (Lipinski definition) is 0. The predicted octanol–water partition coefficient (Wildman–Crippen LogP) is 3.96. The first-order valence-corrected chi connectivity index (χ1v) is 9.75. The van der Waals surface area contributed by atoms with Gasteiger partial charge < -0.3 is 4.74 Å². The van der Waals surface area contributed by atoms with Crippen LogP contribution in [0.25, 0.3) is 0 Å². The lowest BCUT2D eigenvalue weighted by Crippen LogP contribution is -2.43. The zero-order valence-electron chi connectivity index (χ0n) is 16.6. The molecule has 146 valence electrons. The van der Waals surface area contributed by atoms with Crippen LogP contribution in [0.1, 0.15) is 31.5 Å². The molecule has 0 spiro atoms. The van der Waals surface area contributed by atoms with Crippen molar-refractivity contribution >= 4 is 0 Å². The molecule has 27 heavy (non-hydrogen) atoms. The van der Waals surface area contributed by atoms with Gasteiger partial charge in [0.05, 0.1) is 12.8 Å². The first kappa shape index (κ1) is 19.8. The maximum absolute atomic E-state index is 13.2. The zero-order valence-corrected chi connectivity index (χ0v) is 16.6. The minimum absolute atomic E-state index is 0.174. The van der Waals surface area contributed by atoms with Gasteiger partial charge >= 0.3 is 0 Å². The average Bonchev–Trinajstić information content (AvgIpc) is 2.86. The summed E-state index contributed by atoms with van der Waals surface area (Å²) in [6.07, 6.45) is 2.93. The van der Waals surface area contributed by atoms with Crippen molar-refractivity contribution in [3.8, 4) is 5.75 Å². The van der Waals surface area contributed by atoms with E-state index in [1.165, 1.54) is 5.56 Å². The summed E-state index contributed by atoms with van der Waals surface area (Å²) in [4.78, 5) is 9.56. The van der Waals surface area contributed by atoms with E-state index in [-0.39, 0.29) is 5.82 Å². The number of pyridine rings is 1. The average molecular weight is 372 g/mol. The molecule has 0 aliphatic carbocycles. The fourth-order valence-electron chi connectivity index (χ4n) is 3.83. The fourth-order valence-corrected chi connectivity index (χ4v) is 3.83. The van der Waals surface area contributed by atoms with Crippen molar-refractivity contribution in [2.75, 3.05) is 26.7 Å². The molecule has 3 rings (SSSR count). The summed E-state index contributed by atoms with van der Waals surface area (Å²) in [6.45, 7) is 9.41. The number of hydrogen-bond acceptors (Lipinski definition) is 4. The van der Waals surface area contributed by atoms with Crippen molar-refractivity contribution in [1.82, 2.24) is 14.8 Å². The van der Waals surface area contributed by atoms with E-state index in [0.29, 0.717) is 12.0 Å². The molecule has 1 atom stereocenters. The van der Waals surface area contributed by atoms with Crippen LogP contribution in [0.4, 0.5) is 4.39 Å². The molecule has 1 aliphatic heterocycles. The first-order chi connectivity index (χ1) is 13.0. The van der Waals surface area contributed by atoms with Gasteiger partial charge in [-0.25, -0.2) is 4.39 Å². The van der Waals surface area contributed by atoms with Gasteiger partial charge in [0.2, 0.25) is 0 Å². The summed E-state index contributed by atoms with van der Waals surface area (Å²) in [6, 6.07) is 11.3. The lowest BCUT2D eigenvalue weighted by molar-refractivity contribution is 0.129. The zero-order chi connectivity index (χ0) is 19.2. The van der Waals surface area contributed by atoms with Crippen LogP contribution in [0.5, 0.6) is 5.75 Å². The lowest BCUT2D eigenvalue weighted by atomic mass is 10.0. The Hall–Kier alpha value is -1.98. The van der Waals surface area contributed by atoms with E-state index < -0.39 is 0 Å². The molecule has 0 bridgehead atoms. The third-order valence-corrected chi connectivity index (χ3v) is 5.31. The van der Waals surface area contributed by atoms with E-state index in [0.717, 1.165) is 50.6 Å². The van der Waals surface area contributed by atoms with Gasteiger partial charge in [0.1, 0.15) is 11.6 Å². The number of methoxy groups -OCH3 is 1. The van der Waals surface area contributed by atoms with Crippen molar-refractivity contribution in [3.63, 3.8) is 0 Å². The van der Waals surface area contributed by atoms with Crippen molar-refractivity contribution in [3.05, 3.63) is 59.7 Å². The van der Waals surface area contributed by atoms with Crippen molar-refractivity contribution in [1.29, 1.82) is 0 Å². The van der Waals surface area contributed by atoms with E-state index in [1.54, 1.807) is 19.2 Å². The molecule has 0 amide bonds. The van der Waals surface area contributed by atoms with Gasteiger partial charge in [0.25, 0.3) is 0 Å². The molecule has 1 fully saturated rings. The molecular formula is C22H30FN3O. The Bertz CT molecular complexity index is 720. The number of nitrogens with zero attached hydrogens (tertiary/aromatic N) is 3. The van der Waals surface area contributed by atoms with Gasteiger partial charge in [-0.1, -0.05) is 26.0 Å². The van der Waals surface area contributed by atoms with Crippen molar-refractivity contribution in [2.45, 2.75) is 39.4 Å². The molecule has 0 saturated carbocycles. The van der Waals surface area contributed by atoms with E-state index in [2.05, 4.69) is 28.6 Å². The number of rotatable bonds is 6. The standard InChI is InChI=1S/C22H30FN3O/c1-17(2)22-16-25(15-20-13-21(27-3)9-10-24-20)11-4-12-26(22)14-18-5-7-19(23)8-6-18/h5-10,13,17,22H,4,11-12,14-16H2,1-3H3/t22-/m1/s1. The Morgan fingerprint density at radius 3 is 2.63 bits per heavy atom. The largest absolute Gasteiger partial charge is 0.497 e. The summed E-state index contributed by atoms with van der Waals surface area (Å²) in [5, 5.41) is 0. The lowest BCUT2D eigenvalue weighted by Gasteiger charge is -2.34. The number of benzene rings is 1. The quantitative estimate of drug-likeness (QED) is 0.768. The van der Waals surface area contributed by atoms with Gasteiger partial charge in [0, 0.05) is 44.5 Å². The van der Waals surface area contributed by atoms with Crippen LogP contribution in [0.3, 0.4) is 0 Å². The van der Waals surface area contributed by atoms with Crippen LogP contribution in [0.2, 0.25) is 0 Å². The highest BCUT2D eigenvalue weighted by molar-refractivity contribution is 5.22. The monoisotopic (exact) mass is 371 g/mol. The molecule has 2 aromatic rings. The summed E-state index contributed by atoms with van der Waals surface area (Å²) in [5.41, 5.74) is 2.22. The second-order valence-electron chi connectivity index (χ2n) is 7.68. The Balaban J connectivity index is 1.69. The molecular weight excluding hydrogens is 341 g/mol. The highest BCUT2D eigenvalue weighted by Gasteiger charge is 2.27. The summed E-state index contributed by atoms with van der Waals surface area (Å²) in [7, 11) is 1.69. The SMILES string of the molecule is COc1ccnc(CN2CCCN(Cc3ccc(F)cc3)[C@@H](C(C)C)C2)c1. The van der Waals surface area contributed by atoms with Crippen molar-refractivity contribution < 1.29 is 9.13 Å². The van der Waals surface area contributed by atoms with E-state index in [4.69, 9.17) is 4.74 Å². The van der Waals surface area contributed by atoms with Crippen molar-refractivity contribution in [2.24, 2.45) is 5.92 Å². The smallest absolute Gasteiger partial charge is 0.123 e. The minimum atomic E-state index is -0.174. The summed E-state index contributed by atoms with van der Waals surface area (Å²) < 4.78 is 18.5. The van der Waals surface area contributed by atoms with Crippen LogP contribution in [0.15, 0.2) is 42.6 Å². The van der Waals surface area contributed by atoms with Crippen LogP contribution in [-0.4, -0.2) is 47.6 Å². The Kier molecular flexibility index (Phi) is 6.80. The number of aromatic nitrogens is 1. The molecule has 1 aromatic carbocycles. The molecule has 4 nitrogen and oxygen atoms in total. The van der Waals surface area contributed by atoms with E-state index in [9.17, 15) is 4.39 Å². The summed E-state index contributed by atoms with van der Waals surface area (Å²) in [5.74, 6) is 1.23. The second-order valence-corrected chi connectivity index (χ2v) is 7.68. The minimum Gasteiger partial charge on any atom is -0.497 e. The second kappa shape index (κ2) is 9.29. The summed E-state index contributed by atoms with van der Waals surface area (Å²) >= 11 is 0. The molecule has 1 aromatic heterocycles. The Labute approximate surface area is 162 Å². The van der Waals surface area contributed by atoms with Gasteiger partial charge in [-0.3, -0.25) is 14.8 Å². The first-order valence-electron chi connectivity index (χ1n) is 9.75. The maximum Gasteiger partial charge on any atom is 0.123 e. The molecule has 5 heteroatoms. The molecule has 0 radical (unpaired) electrons. The Morgan fingerprint density at radius 2 is 1.93 bits per heavy atom. The molecule has 1 aliphatic rings. The fraction of sp³-hybridized carbons (Fsp3) is 0.500. The van der Waals surface area contributed by atoms with E-state index >= 15 is 0 Å². The third-order valence-electron chi connectivity index (χ3n) is 5.31. The molecule has 0 N–H and O–H groups in total. The van der Waals surface area contributed by atoms with Gasteiger partial charge in [-0.2, -0.15) is 0 Å². The van der Waals surface area contributed by atoms with Gasteiger partial charge in [-0.15, -0.1) is 0 Å². The molecule has 2 heterocycles.